The Labute approximate surface area is 138 Å². The number of anilines is 1. The van der Waals surface area contributed by atoms with E-state index in [1.54, 1.807) is 12.4 Å². The van der Waals surface area contributed by atoms with E-state index in [0.29, 0.717) is 18.3 Å². The van der Waals surface area contributed by atoms with E-state index in [0.717, 1.165) is 25.2 Å². The van der Waals surface area contributed by atoms with Crippen molar-refractivity contribution in [1.82, 2.24) is 14.9 Å². The summed E-state index contributed by atoms with van der Waals surface area (Å²) in [6.45, 7) is 2.18. The molecule has 0 saturated carbocycles. The first-order valence-electron chi connectivity index (χ1n) is 7.84. The minimum atomic E-state index is -0.0919. The highest BCUT2D eigenvalue weighted by atomic mass is 32.1. The van der Waals surface area contributed by atoms with E-state index in [9.17, 15) is 4.79 Å². The van der Waals surface area contributed by atoms with Crippen LogP contribution in [0.2, 0.25) is 0 Å². The summed E-state index contributed by atoms with van der Waals surface area (Å²) >= 11 is 1.48. The van der Waals surface area contributed by atoms with Crippen LogP contribution in [-0.4, -0.2) is 52.6 Å². The van der Waals surface area contributed by atoms with Crippen LogP contribution in [0.3, 0.4) is 0 Å². The summed E-state index contributed by atoms with van der Waals surface area (Å²) in [4.78, 5) is 25.2. The molecule has 23 heavy (non-hydrogen) atoms. The highest BCUT2D eigenvalue weighted by molar-refractivity contribution is 7.11. The molecule has 0 aliphatic carbocycles. The molecular weight excluding hydrogens is 312 g/mol. The van der Waals surface area contributed by atoms with E-state index in [1.165, 1.54) is 11.3 Å². The molecule has 6 nitrogen and oxygen atoms in total. The maximum absolute atomic E-state index is 12.7. The average molecular weight is 330 g/mol. The number of amides is 1. The average Bonchev–Trinajstić information content (AvgIpc) is 3.22. The number of carbonyl (C=O) groups excluding carboxylic acids is 1. The second kappa shape index (κ2) is 6.16. The summed E-state index contributed by atoms with van der Waals surface area (Å²) in [6, 6.07) is 5.73. The quantitative estimate of drug-likeness (QED) is 0.855. The fourth-order valence-corrected chi connectivity index (χ4v) is 3.69. The Hall–Kier alpha value is -2.15. The van der Waals surface area contributed by atoms with E-state index >= 15 is 0 Å². The van der Waals surface area contributed by atoms with Crippen LogP contribution in [0.25, 0.3) is 0 Å². The smallest absolute Gasteiger partial charge is 0.273 e. The number of carbonyl (C=O) groups is 1. The van der Waals surface area contributed by atoms with Gasteiger partial charge in [0.2, 0.25) is 5.91 Å². The zero-order chi connectivity index (χ0) is 15.6. The molecule has 2 fully saturated rings. The molecule has 2 aromatic heterocycles. The molecule has 2 saturated heterocycles. The Balaban J connectivity index is 1.36. The van der Waals surface area contributed by atoms with Gasteiger partial charge in [0, 0.05) is 24.3 Å². The van der Waals surface area contributed by atoms with E-state index in [4.69, 9.17) is 4.74 Å². The lowest BCUT2D eigenvalue weighted by Crippen LogP contribution is -2.60. The van der Waals surface area contributed by atoms with Crippen LogP contribution in [0.15, 0.2) is 36.0 Å². The van der Waals surface area contributed by atoms with Crippen molar-refractivity contribution in [1.29, 1.82) is 0 Å². The zero-order valence-corrected chi connectivity index (χ0v) is 13.5. The number of likely N-dealkylation sites (tertiary alicyclic amines) is 1. The number of rotatable bonds is 4. The third kappa shape index (κ3) is 2.88. The lowest BCUT2D eigenvalue weighted by Gasteiger charge is -2.41. The summed E-state index contributed by atoms with van der Waals surface area (Å²) in [5.74, 6) is 1.08. The molecule has 0 aromatic carbocycles. The van der Waals surface area contributed by atoms with Crippen molar-refractivity contribution in [3.8, 4) is 5.19 Å². The Morgan fingerprint density at radius 3 is 2.91 bits per heavy atom. The number of hydrogen-bond donors (Lipinski definition) is 0. The molecular formula is C16H18N4O2S. The van der Waals surface area contributed by atoms with E-state index in [2.05, 4.69) is 14.9 Å². The van der Waals surface area contributed by atoms with Gasteiger partial charge in [0.15, 0.2) is 0 Å². The number of thiazole rings is 1. The Bertz CT molecular complexity index is 658. The Kier molecular flexibility index (Phi) is 3.87. The highest BCUT2D eigenvalue weighted by Crippen LogP contribution is 2.27. The number of hydrogen-bond acceptors (Lipinski definition) is 6. The van der Waals surface area contributed by atoms with Crippen LogP contribution in [-0.2, 0) is 4.79 Å². The topological polar surface area (TPSA) is 58.6 Å². The van der Waals surface area contributed by atoms with Gasteiger partial charge in [-0.3, -0.25) is 4.79 Å². The standard InChI is InChI=1S/C16H18N4O2S/c21-15(19-10-12(11-19)22-16-18-7-9-23-16)13-4-3-8-20(13)14-5-1-2-6-17-14/h1-2,5-7,9,12-13H,3-4,8,10-11H2. The molecule has 4 rings (SSSR count). The van der Waals surface area contributed by atoms with Crippen molar-refractivity contribution < 1.29 is 9.53 Å². The summed E-state index contributed by atoms with van der Waals surface area (Å²) < 4.78 is 5.73. The van der Waals surface area contributed by atoms with Gasteiger partial charge in [-0.15, -0.1) is 0 Å². The van der Waals surface area contributed by atoms with Crippen molar-refractivity contribution in [3.05, 3.63) is 36.0 Å². The molecule has 7 heteroatoms. The van der Waals surface area contributed by atoms with Crippen molar-refractivity contribution in [2.75, 3.05) is 24.5 Å². The molecule has 1 amide bonds. The van der Waals surface area contributed by atoms with Gasteiger partial charge in [-0.1, -0.05) is 17.4 Å². The third-order valence-electron chi connectivity index (χ3n) is 4.32. The van der Waals surface area contributed by atoms with Crippen LogP contribution < -0.4 is 9.64 Å². The monoisotopic (exact) mass is 330 g/mol. The minimum absolute atomic E-state index is 0.0646. The predicted octanol–water partition coefficient (Wildman–Crippen LogP) is 1.80. The van der Waals surface area contributed by atoms with E-state index in [-0.39, 0.29) is 18.1 Å². The van der Waals surface area contributed by atoms with Crippen molar-refractivity contribution in [3.63, 3.8) is 0 Å². The van der Waals surface area contributed by atoms with Crippen LogP contribution in [0, 0.1) is 0 Å². The maximum Gasteiger partial charge on any atom is 0.273 e. The number of pyridine rings is 1. The molecule has 4 heterocycles. The molecule has 0 N–H and O–H groups in total. The normalized spacial score (nSPS) is 21.3. The van der Waals surface area contributed by atoms with Gasteiger partial charge in [-0.25, -0.2) is 9.97 Å². The third-order valence-corrected chi connectivity index (χ3v) is 4.98. The molecule has 2 aliphatic rings. The number of nitrogens with zero attached hydrogens (tertiary/aromatic N) is 4. The number of aromatic nitrogens is 2. The zero-order valence-electron chi connectivity index (χ0n) is 12.7. The SMILES string of the molecule is O=C(C1CCCN1c1ccccn1)N1CC(Oc2nccs2)C1. The molecule has 1 unspecified atom stereocenters. The van der Waals surface area contributed by atoms with Gasteiger partial charge in [-0.2, -0.15) is 0 Å². The van der Waals surface area contributed by atoms with Crippen molar-refractivity contribution >= 4 is 23.1 Å². The van der Waals surface area contributed by atoms with Gasteiger partial charge in [0.25, 0.3) is 5.19 Å². The van der Waals surface area contributed by atoms with Gasteiger partial charge in [-0.05, 0) is 25.0 Å². The van der Waals surface area contributed by atoms with Crippen LogP contribution >= 0.6 is 11.3 Å². The second-order valence-electron chi connectivity index (χ2n) is 5.82. The summed E-state index contributed by atoms with van der Waals surface area (Å²) in [6.07, 6.45) is 5.49. The van der Waals surface area contributed by atoms with Crippen LogP contribution in [0.4, 0.5) is 5.82 Å². The molecule has 2 aromatic rings. The molecule has 120 valence electrons. The Morgan fingerprint density at radius 2 is 2.17 bits per heavy atom. The Morgan fingerprint density at radius 1 is 1.26 bits per heavy atom. The van der Waals surface area contributed by atoms with Gasteiger partial charge in [0.05, 0.1) is 13.1 Å². The fourth-order valence-electron chi connectivity index (χ4n) is 3.14. The lowest BCUT2D eigenvalue weighted by atomic mass is 10.1. The summed E-state index contributed by atoms with van der Waals surface area (Å²) in [7, 11) is 0. The first kappa shape index (κ1) is 14.4. The molecule has 2 aliphatic heterocycles. The number of ether oxygens (including phenoxy) is 1. The fraction of sp³-hybridized carbons (Fsp3) is 0.438. The largest absolute Gasteiger partial charge is 0.463 e. The molecule has 1 atom stereocenters. The second-order valence-corrected chi connectivity index (χ2v) is 6.68. The summed E-state index contributed by atoms with van der Waals surface area (Å²) in [5, 5.41) is 2.57. The highest BCUT2D eigenvalue weighted by Gasteiger charge is 2.40. The van der Waals surface area contributed by atoms with Gasteiger partial charge in [0.1, 0.15) is 18.0 Å². The first-order chi connectivity index (χ1) is 11.3. The van der Waals surface area contributed by atoms with Gasteiger partial charge >= 0.3 is 0 Å². The molecule has 0 spiro atoms. The minimum Gasteiger partial charge on any atom is -0.463 e. The van der Waals surface area contributed by atoms with E-state index in [1.807, 2.05) is 28.5 Å². The maximum atomic E-state index is 12.7. The van der Waals surface area contributed by atoms with Crippen molar-refractivity contribution in [2.24, 2.45) is 0 Å². The molecule has 0 bridgehead atoms. The van der Waals surface area contributed by atoms with Crippen molar-refractivity contribution in [2.45, 2.75) is 25.0 Å². The van der Waals surface area contributed by atoms with E-state index < -0.39 is 0 Å². The summed E-state index contributed by atoms with van der Waals surface area (Å²) in [5.41, 5.74) is 0. The van der Waals surface area contributed by atoms with Crippen LogP contribution in [0.5, 0.6) is 5.19 Å². The van der Waals surface area contributed by atoms with Crippen LogP contribution in [0.1, 0.15) is 12.8 Å². The first-order valence-corrected chi connectivity index (χ1v) is 8.72. The molecule has 0 radical (unpaired) electrons. The lowest BCUT2D eigenvalue weighted by molar-refractivity contribution is -0.141. The predicted molar refractivity (Wildman–Crippen MR) is 87.7 cm³/mol. The van der Waals surface area contributed by atoms with Gasteiger partial charge < -0.3 is 14.5 Å².